The van der Waals surface area contributed by atoms with Crippen molar-refractivity contribution in [2.24, 2.45) is 0 Å². The van der Waals surface area contributed by atoms with Gasteiger partial charge in [-0.1, -0.05) is 18.2 Å². The fraction of sp³-hybridized carbons (Fsp3) is 0.278. The third-order valence-electron chi connectivity index (χ3n) is 3.88. The lowest BCUT2D eigenvalue weighted by atomic mass is 10.2. The number of hydrogen-bond donors (Lipinski definition) is 2. The van der Waals surface area contributed by atoms with Gasteiger partial charge in [-0.25, -0.2) is 0 Å². The molecule has 3 N–H and O–H groups in total. The maximum absolute atomic E-state index is 5.87. The Labute approximate surface area is 151 Å². The quantitative estimate of drug-likeness (QED) is 0.705. The van der Waals surface area contributed by atoms with E-state index in [0.717, 1.165) is 17.8 Å². The Kier molecular flexibility index (Phi) is 5.25. The number of aromatic nitrogens is 3. The summed E-state index contributed by atoms with van der Waals surface area (Å²) >= 11 is 1.77. The molecule has 0 amide bonds. The van der Waals surface area contributed by atoms with Gasteiger partial charge in [-0.2, -0.15) is 15.0 Å². The number of thiophene rings is 1. The summed E-state index contributed by atoms with van der Waals surface area (Å²) in [5, 5.41) is 5.34. The van der Waals surface area contributed by atoms with E-state index in [1.165, 1.54) is 10.4 Å². The third-order valence-corrected chi connectivity index (χ3v) is 4.89. The first-order chi connectivity index (χ1) is 12.0. The number of nitrogens with zero attached hydrogens (tertiary/aromatic N) is 4. The van der Waals surface area contributed by atoms with Gasteiger partial charge in [0.05, 0.1) is 6.54 Å². The number of nitrogen functional groups attached to an aromatic ring is 1. The summed E-state index contributed by atoms with van der Waals surface area (Å²) in [6.45, 7) is 5.62. The maximum atomic E-state index is 5.87. The molecular formula is C18H22N6S. The number of aryl methyl sites for hydroxylation is 2. The molecule has 0 saturated heterocycles. The van der Waals surface area contributed by atoms with Crippen LogP contribution in [-0.2, 0) is 13.1 Å². The van der Waals surface area contributed by atoms with Crippen LogP contribution in [0.2, 0.25) is 0 Å². The lowest BCUT2D eigenvalue weighted by molar-refractivity contribution is 0.313. The molecule has 0 fully saturated rings. The average Bonchev–Trinajstić information content (AvgIpc) is 2.94. The summed E-state index contributed by atoms with van der Waals surface area (Å²) in [6.07, 6.45) is 0. The van der Waals surface area contributed by atoms with E-state index in [4.69, 9.17) is 5.73 Å². The summed E-state index contributed by atoms with van der Waals surface area (Å²) in [4.78, 5) is 16.5. The highest BCUT2D eigenvalue weighted by atomic mass is 32.1. The van der Waals surface area contributed by atoms with Crippen LogP contribution in [0.3, 0.4) is 0 Å². The van der Waals surface area contributed by atoms with Gasteiger partial charge in [-0.15, -0.1) is 11.3 Å². The lowest BCUT2D eigenvalue weighted by Gasteiger charge is -2.16. The first kappa shape index (κ1) is 17.3. The van der Waals surface area contributed by atoms with Gasteiger partial charge in [0.25, 0.3) is 0 Å². The zero-order chi connectivity index (χ0) is 17.8. The molecule has 7 heteroatoms. The Morgan fingerprint density at radius 2 is 1.84 bits per heavy atom. The highest BCUT2D eigenvalue weighted by Crippen LogP contribution is 2.19. The Balaban J connectivity index is 1.73. The van der Waals surface area contributed by atoms with Crippen LogP contribution in [0.25, 0.3) is 0 Å². The fourth-order valence-electron chi connectivity index (χ4n) is 2.51. The molecule has 0 spiro atoms. The summed E-state index contributed by atoms with van der Waals surface area (Å²) in [5.74, 6) is 1.35. The number of para-hydroxylation sites is 1. The smallest absolute Gasteiger partial charge is 0.232 e. The van der Waals surface area contributed by atoms with E-state index in [9.17, 15) is 0 Å². The molecule has 2 heterocycles. The Morgan fingerprint density at radius 3 is 2.56 bits per heavy atom. The second-order valence-corrected chi connectivity index (χ2v) is 7.07. The largest absolute Gasteiger partial charge is 0.368 e. The number of hydrogen-bond acceptors (Lipinski definition) is 7. The molecule has 130 valence electrons. The van der Waals surface area contributed by atoms with Crippen LogP contribution in [-0.4, -0.2) is 26.9 Å². The van der Waals surface area contributed by atoms with E-state index < -0.39 is 0 Å². The van der Waals surface area contributed by atoms with Crippen LogP contribution in [0, 0.1) is 13.8 Å². The lowest BCUT2D eigenvalue weighted by Crippen LogP contribution is -2.20. The topological polar surface area (TPSA) is 80.0 Å². The number of benzene rings is 1. The number of anilines is 3. The summed E-state index contributed by atoms with van der Waals surface area (Å²) < 4.78 is 0. The fourth-order valence-corrected chi connectivity index (χ4v) is 3.49. The van der Waals surface area contributed by atoms with Crippen molar-refractivity contribution >= 4 is 28.9 Å². The normalized spacial score (nSPS) is 11.0. The molecule has 0 atom stereocenters. The third kappa shape index (κ3) is 4.52. The first-order valence-electron chi connectivity index (χ1n) is 8.06. The van der Waals surface area contributed by atoms with Crippen LogP contribution in [0.4, 0.5) is 17.6 Å². The second-order valence-electron chi connectivity index (χ2n) is 6.07. The number of nitrogens with two attached hydrogens (primary N) is 1. The van der Waals surface area contributed by atoms with Gasteiger partial charge in [0.1, 0.15) is 5.82 Å². The van der Waals surface area contributed by atoms with Crippen molar-refractivity contribution in [1.29, 1.82) is 0 Å². The van der Waals surface area contributed by atoms with Crippen molar-refractivity contribution in [1.82, 2.24) is 19.9 Å². The van der Waals surface area contributed by atoms with Gasteiger partial charge in [0.2, 0.25) is 11.9 Å². The zero-order valence-corrected chi connectivity index (χ0v) is 15.5. The molecule has 0 aliphatic heterocycles. The van der Waals surface area contributed by atoms with Gasteiger partial charge in [0.15, 0.2) is 0 Å². The van der Waals surface area contributed by atoms with Crippen molar-refractivity contribution in [3.8, 4) is 0 Å². The molecule has 3 rings (SSSR count). The Hall–Kier alpha value is -2.51. The molecule has 0 aliphatic carbocycles. The van der Waals surface area contributed by atoms with Crippen LogP contribution in [0.15, 0.2) is 35.7 Å². The predicted octanol–water partition coefficient (Wildman–Crippen LogP) is 3.51. The van der Waals surface area contributed by atoms with Gasteiger partial charge < -0.3 is 11.1 Å². The zero-order valence-electron chi connectivity index (χ0n) is 14.7. The number of rotatable bonds is 6. The molecule has 3 aromatic rings. The van der Waals surface area contributed by atoms with E-state index in [2.05, 4.69) is 43.5 Å². The molecule has 0 radical (unpaired) electrons. The number of nitrogens with one attached hydrogen (secondary N) is 1. The molecule has 6 nitrogen and oxygen atoms in total. The maximum Gasteiger partial charge on any atom is 0.232 e. The average molecular weight is 354 g/mol. The van der Waals surface area contributed by atoms with Gasteiger partial charge in [0, 0.05) is 17.1 Å². The molecule has 0 aliphatic rings. The van der Waals surface area contributed by atoms with E-state index in [1.807, 2.05) is 38.2 Å². The minimum absolute atomic E-state index is 0.224. The molecule has 1 aromatic carbocycles. The standard InChI is InChI=1S/C18H22N6S/c1-12-6-4-5-7-14(12)20-18-22-16(21-17(19)23-18)11-24(3)10-15-13(2)8-9-25-15/h4-9H,10-11H2,1-3H3,(H3,19,20,21,22,23). The first-order valence-corrected chi connectivity index (χ1v) is 8.94. The van der Waals surface area contributed by atoms with E-state index >= 15 is 0 Å². The Morgan fingerprint density at radius 1 is 1.04 bits per heavy atom. The highest BCUT2D eigenvalue weighted by Gasteiger charge is 2.10. The predicted molar refractivity (Wildman–Crippen MR) is 103 cm³/mol. The SMILES string of the molecule is Cc1ccccc1Nc1nc(N)nc(CN(C)Cc2sccc2C)n1. The van der Waals surface area contributed by atoms with E-state index in [-0.39, 0.29) is 5.95 Å². The minimum atomic E-state index is 0.224. The van der Waals surface area contributed by atoms with Gasteiger partial charge in [-0.05, 0) is 49.5 Å². The summed E-state index contributed by atoms with van der Waals surface area (Å²) in [7, 11) is 2.05. The van der Waals surface area contributed by atoms with Crippen molar-refractivity contribution in [2.45, 2.75) is 26.9 Å². The molecule has 0 bridgehead atoms. The van der Waals surface area contributed by atoms with Crippen molar-refractivity contribution < 1.29 is 0 Å². The van der Waals surface area contributed by atoms with Crippen LogP contribution in [0.1, 0.15) is 21.8 Å². The summed E-state index contributed by atoms with van der Waals surface area (Å²) in [6, 6.07) is 10.1. The molecular weight excluding hydrogens is 332 g/mol. The monoisotopic (exact) mass is 354 g/mol. The van der Waals surface area contributed by atoms with Crippen LogP contribution in [0.5, 0.6) is 0 Å². The second kappa shape index (κ2) is 7.58. The van der Waals surface area contributed by atoms with Crippen molar-refractivity contribution in [3.05, 3.63) is 57.5 Å². The van der Waals surface area contributed by atoms with Crippen LogP contribution >= 0.6 is 11.3 Å². The van der Waals surface area contributed by atoms with Crippen molar-refractivity contribution in [3.63, 3.8) is 0 Å². The minimum Gasteiger partial charge on any atom is -0.368 e. The van der Waals surface area contributed by atoms with Crippen LogP contribution < -0.4 is 11.1 Å². The molecule has 25 heavy (non-hydrogen) atoms. The molecule has 0 unspecified atom stereocenters. The molecule has 0 saturated carbocycles. The van der Waals surface area contributed by atoms with E-state index in [0.29, 0.717) is 18.3 Å². The van der Waals surface area contributed by atoms with Crippen molar-refractivity contribution in [2.75, 3.05) is 18.1 Å². The highest BCUT2D eigenvalue weighted by molar-refractivity contribution is 7.10. The van der Waals surface area contributed by atoms with E-state index in [1.54, 1.807) is 11.3 Å². The molecule has 2 aromatic heterocycles. The summed E-state index contributed by atoms with van der Waals surface area (Å²) in [5.41, 5.74) is 9.26. The Bertz CT molecular complexity index is 860. The van der Waals surface area contributed by atoms with Gasteiger partial charge >= 0.3 is 0 Å². The van der Waals surface area contributed by atoms with Gasteiger partial charge in [-0.3, -0.25) is 4.90 Å².